The van der Waals surface area contributed by atoms with Gasteiger partial charge in [-0.3, -0.25) is 0 Å². The van der Waals surface area contributed by atoms with Crippen LogP contribution in [-0.4, -0.2) is 35.0 Å². The summed E-state index contributed by atoms with van der Waals surface area (Å²) < 4.78 is 0. The molecule has 0 aliphatic carbocycles. The predicted octanol–water partition coefficient (Wildman–Crippen LogP) is 1.38. The number of unbranched alkanes of at least 4 members (excludes halogenated alkanes) is 2. The van der Waals surface area contributed by atoms with Crippen molar-refractivity contribution in [3.63, 3.8) is 0 Å². The van der Waals surface area contributed by atoms with E-state index in [2.05, 4.69) is 0 Å². The summed E-state index contributed by atoms with van der Waals surface area (Å²) in [7, 11) is 0. The van der Waals surface area contributed by atoms with Crippen LogP contribution in [0.25, 0.3) is 0 Å². The summed E-state index contributed by atoms with van der Waals surface area (Å²) in [4.78, 5) is 0. The van der Waals surface area contributed by atoms with E-state index in [4.69, 9.17) is 16.6 Å². The van der Waals surface area contributed by atoms with E-state index in [0.717, 1.165) is 45.1 Å². The lowest BCUT2D eigenvalue weighted by atomic mass is 10.0. The maximum atomic E-state index is 9.29. The van der Waals surface area contributed by atoms with Crippen LogP contribution in [0.1, 0.15) is 59.3 Å². The van der Waals surface area contributed by atoms with Gasteiger partial charge in [0.15, 0.2) is 0 Å². The molecule has 1 atom stereocenters. The van der Waals surface area contributed by atoms with E-state index in [9.17, 15) is 5.11 Å². The van der Waals surface area contributed by atoms with Crippen LogP contribution in [0, 0.1) is 0 Å². The number of hydrogen-bond acceptors (Lipinski definition) is 4. The Morgan fingerprint density at radius 2 is 1.71 bits per heavy atom. The van der Waals surface area contributed by atoms with Crippen molar-refractivity contribution in [3.05, 3.63) is 0 Å². The Morgan fingerprint density at radius 1 is 1.12 bits per heavy atom. The fourth-order valence-corrected chi connectivity index (χ4v) is 1.29. The lowest BCUT2D eigenvalue weighted by Crippen LogP contribution is -2.20. The first kappa shape index (κ1) is 19.2. The molecule has 1 unspecified atom stereocenters. The smallest absolute Gasteiger partial charge is 0.0591 e. The van der Waals surface area contributed by atoms with Gasteiger partial charge in [-0.25, -0.2) is 0 Å². The van der Waals surface area contributed by atoms with Gasteiger partial charge < -0.3 is 21.7 Å². The fraction of sp³-hybridized carbons (Fsp3) is 1.00. The van der Waals surface area contributed by atoms with Crippen molar-refractivity contribution < 1.29 is 10.2 Å². The van der Waals surface area contributed by atoms with E-state index in [1.807, 2.05) is 20.8 Å². The number of nitrogens with two attached hydrogens (primary N) is 2. The molecule has 0 saturated carbocycles. The first-order chi connectivity index (χ1) is 7.83. The topological polar surface area (TPSA) is 92.5 Å². The molecule has 0 bridgehead atoms. The zero-order valence-corrected chi connectivity index (χ0v) is 11.8. The Kier molecular flexibility index (Phi) is 13.9. The van der Waals surface area contributed by atoms with Gasteiger partial charge >= 0.3 is 0 Å². The molecule has 0 aromatic carbocycles. The van der Waals surface area contributed by atoms with E-state index in [1.165, 1.54) is 0 Å². The van der Waals surface area contributed by atoms with Gasteiger partial charge in [-0.15, -0.1) is 0 Å². The van der Waals surface area contributed by atoms with Gasteiger partial charge in [0.1, 0.15) is 0 Å². The molecular weight excluding hydrogens is 216 g/mol. The molecule has 0 saturated heterocycles. The first-order valence-electron chi connectivity index (χ1n) is 6.62. The van der Waals surface area contributed by atoms with Crippen molar-refractivity contribution in [3.8, 4) is 0 Å². The highest BCUT2D eigenvalue weighted by atomic mass is 16.3. The van der Waals surface area contributed by atoms with Crippen molar-refractivity contribution in [2.75, 3.05) is 13.2 Å². The Morgan fingerprint density at radius 3 is 2.06 bits per heavy atom. The van der Waals surface area contributed by atoms with Gasteiger partial charge in [-0.1, -0.05) is 0 Å². The molecule has 0 amide bonds. The normalized spacial score (nSPS) is 12.9. The molecule has 0 heterocycles. The van der Waals surface area contributed by atoms with E-state index < -0.39 is 5.60 Å². The zero-order chi connectivity index (χ0) is 13.7. The highest BCUT2D eigenvalue weighted by Gasteiger charge is 2.11. The maximum absolute atomic E-state index is 9.29. The summed E-state index contributed by atoms with van der Waals surface area (Å²) in [6, 6.07) is 0.266. The lowest BCUT2D eigenvalue weighted by Gasteiger charge is -2.16. The standard InChI is InChI=1S/C8H19NO.C5H13NO/c1-7(9)5-4-6-8(2,3)10;6-4-2-1-3-5-7/h7,10H,4-6,9H2,1-3H3;7H,1-6H2. The molecular formula is C13H32N2O2. The highest BCUT2D eigenvalue weighted by molar-refractivity contribution is 4.66. The lowest BCUT2D eigenvalue weighted by molar-refractivity contribution is 0.0678. The van der Waals surface area contributed by atoms with Crippen LogP contribution < -0.4 is 11.5 Å². The molecule has 0 aliphatic heterocycles. The molecule has 106 valence electrons. The molecule has 4 heteroatoms. The minimum Gasteiger partial charge on any atom is -0.396 e. The van der Waals surface area contributed by atoms with Crippen molar-refractivity contribution in [1.29, 1.82) is 0 Å². The predicted molar refractivity (Wildman–Crippen MR) is 73.8 cm³/mol. The Balaban J connectivity index is 0. The molecule has 0 spiro atoms. The average molecular weight is 248 g/mol. The van der Waals surface area contributed by atoms with E-state index >= 15 is 0 Å². The molecule has 0 fully saturated rings. The van der Waals surface area contributed by atoms with Crippen molar-refractivity contribution in [2.24, 2.45) is 11.5 Å². The largest absolute Gasteiger partial charge is 0.396 e. The van der Waals surface area contributed by atoms with Gasteiger partial charge in [0.2, 0.25) is 0 Å². The summed E-state index contributed by atoms with van der Waals surface area (Å²) >= 11 is 0. The van der Waals surface area contributed by atoms with Gasteiger partial charge in [0.25, 0.3) is 0 Å². The van der Waals surface area contributed by atoms with E-state index in [-0.39, 0.29) is 6.04 Å². The minimum absolute atomic E-state index is 0.266. The van der Waals surface area contributed by atoms with Gasteiger partial charge in [-0.05, 0) is 65.8 Å². The Bertz CT molecular complexity index is 141. The second-order valence-corrected chi connectivity index (χ2v) is 5.25. The molecule has 6 N–H and O–H groups in total. The molecule has 17 heavy (non-hydrogen) atoms. The number of hydrogen-bond donors (Lipinski definition) is 4. The van der Waals surface area contributed by atoms with Crippen LogP contribution in [0.4, 0.5) is 0 Å². The van der Waals surface area contributed by atoms with Crippen LogP contribution in [-0.2, 0) is 0 Å². The average Bonchev–Trinajstić information content (AvgIpc) is 2.17. The highest BCUT2D eigenvalue weighted by Crippen LogP contribution is 2.12. The molecule has 0 rings (SSSR count). The van der Waals surface area contributed by atoms with Crippen LogP contribution >= 0.6 is 0 Å². The summed E-state index contributed by atoms with van der Waals surface area (Å²) in [6.45, 7) is 6.70. The van der Waals surface area contributed by atoms with Crippen LogP contribution in [0.2, 0.25) is 0 Å². The summed E-state index contributed by atoms with van der Waals surface area (Å²) in [6.07, 6.45) is 5.87. The zero-order valence-electron chi connectivity index (χ0n) is 11.8. The minimum atomic E-state index is -0.519. The molecule has 4 nitrogen and oxygen atoms in total. The van der Waals surface area contributed by atoms with E-state index in [0.29, 0.717) is 6.61 Å². The van der Waals surface area contributed by atoms with E-state index in [1.54, 1.807) is 0 Å². The third-order valence-electron chi connectivity index (χ3n) is 2.31. The fourth-order valence-electron chi connectivity index (χ4n) is 1.29. The second kappa shape index (κ2) is 12.3. The molecule has 0 aliphatic rings. The third-order valence-corrected chi connectivity index (χ3v) is 2.31. The Hall–Kier alpha value is -0.160. The van der Waals surface area contributed by atoms with Crippen molar-refractivity contribution in [1.82, 2.24) is 0 Å². The third kappa shape index (κ3) is 25.8. The SMILES string of the molecule is CC(N)CCCC(C)(C)O.NCCCCCO. The van der Waals surface area contributed by atoms with Gasteiger partial charge in [0.05, 0.1) is 5.60 Å². The maximum Gasteiger partial charge on any atom is 0.0591 e. The summed E-state index contributed by atoms with van der Waals surface area (Å²) in [5.74, 6) is 0. The van der Waals surface area contributed by atoms with Gasteiger partial charge in [-0.2, -0.15) is 0 Å². The molecule has 0 aromatic rings. The number of aliphatic hydroxyl groups is 2. The Labute approximate surface area is 106 Å². The molecule has 0 radical (unpaired) electrons. The van der Waals surface area contributed by atoms with Crippen molar-refractivity contribution in [2.45, 2.75) is 70.9 Å². The first-order valence-corrected chi connectivity index (χ1v) is 6.62. The number of rotatable bonds is 8. The van der Waals surface area contributed by atoms with Gasteiger partial charge in [0, 0.05) is 12.6 Å². The van der Waals surface area contributed by atoms with Crippen LogP contribution in [0.5, 0.6) is 0 Å². The monoisotopic (exact) mass is 248 g/mol. The molecule has 0 aromatic heterocycles. The number of aliphatic hydroxyl groups excluding tert-OH is 1. The summed E-state index contributed by atoms with van der Waals surface area (Å²) in [5, 5.41) is 17.5. The second-order valence-electron chi connectivity index (χ2n) is 5.25. The van der Waals surface area contributed by atoms with Crippen LogP contribution in [0.3, 0.4) is 0 Å². The van der Waals surface area contributed by atoms with Crippen LogP contribution in [0.15, 0.2) is 0 Å². The summed E-state index contributed by atoms with van der Waals surface area (Å²) in [5.41, 5.74) is 10.2. The quantitative estimate of drug-likeness (QED) is 0.488. The van der Waals surface area contributed by atoms with Crippen molar-refractivity contribution >= 4 is 0 Å².